The summed E-state index contributed by atoms with van der Waals surface area (Å²) >= 11 is 0. The van der Waals surface area contributed by atoms with Crippen LogP contribution in [0.5, 0.6) is 5.75 Å². The molecule has 2 rings (SSSR count). The first kappa shape index (κ1) is 17.0. The van der Waals surface area contributed by atoms with Crippen LogP contribution in [-0.4, -0.2) is 38.8 Å². The van der Waals surface area contributed by atoms with Crippen molar-refractivity contribution in [3.63, 3.8) is 0 Å². The van der Waals surface area contributed by atoms with Gasteiger partial charge in [0, 0.05) is 6.08 Å². The van der Waals surface area contributed by atoms with Crippen molar-refractivity contribution in [2.75, 3.05) is 18.6 Å². The summed E-state index contributed by atoms with van der Waals surface area (Å²) in [6.07, 6.45) is 3.14. The van der Waals surface area contributed by atoms with Crippen LogP contribution in [0.2, 0.25) is 0 Å². The first-order chi connectivity index (χ1) is 10.9. The fourth-order valence-corrected chi connectivity index (χ4v) is 3.90. The third kappa shape index (κ3) is 5.10. The van der Waals surface area contributed by atoms with E-state index in [9.17, 15) is 18.0 Å². The van der Waals surface area contributed by atoms with Gasteiger partial charge in [0.15, 0.2) is 9.84 Å². The molecule has 7 nitrogen and oxygen atoms in total. The second-order valence-corrected chi connectivity index (χ2v) is 7.41. The largest absolute Gasteiger partial charge is 0.497 e. The summed E-state index contributed by atoms with van der Waals surface area (Å²) in [5, 5.41) is 0. The maximum Gasteiger partial charge on any atom is 0.262 e. The van der Waals surface area contributed by atoms with Gasteiger partial charge in [-0.2, -0.15) is 0 Å². The molecule has 1 saturated heterocycles. The van der Waals surface area contributed by atoms with Crippen molar-refractivity contribution in [1.82, 2.24) is 10.9 Å². The maximum atomic E-state index is 11.8. The van der Waals surface area contributed by atoms with E-state index >= 15 is 0 Å². The zero-order valence-electron chi connectivity index (χ0n) is 12.6. The van der Waals surface area contributed by atoms with Gasteiger partial charge >= 0.3 is 0 Å². The van der Waals surface area contributed by atoms with Crippen molar-refractivity contribution in [2.24, 2.45) is 5.92 Å². The third-order valence-corrected chi connectivity index (χ3v) is 5.22. The van der Waals surface area contributed by atoms with Gasteiger partial charge in [-0.25, -0.2) is 8.42 Å². The Bertz CT molecular complexity index is 710. The van der Waals surface area contributed by atoms with E-state index in [1.165, 1.54) is 6.08 Å². The van der Waals surface area contributed by atoms with Gasteiger partial charge in [-0.1, -0.05) is 12.1 Å². The number of hydrazine groups is 1. The molecule has 0 spiro atoms. The molecule has 1 aliphatic heterocycles. The van der Waals surface area contributed by atoms with Crippen LogP contribution >= 0.6 is 0 Å². The Kier molecular flexibility index (Phi) is 5.38. The van der Waals surface area contributed by atoms with Crippen LogP contribution in [-0.2, 0) is 19.4 Å². The predicted molar refractivity (Wildman–Crippen MR) is 85.1 cm³/mol. The lowest BCUT2D eigenvalue weighted by Crippen LogP contribution is -2.44. The van der Waals surface area contributed by atoms with E-state index in [1.807, 2.05) is 0 Å². The van der Waals surface area contributed by atoms with Crippen LogP contribution < -0.4 is 15.6 Å². The summed E-state index contributed by atoms with van der Waals surface area (Å²) in [5.74, 6) is -1.05. The third-order valence-electron chi connectivity index (χ3n) is 3.46. The number of hydrogen-bond donors (Lipinski definition) is 2. The molecule has 124 valence electrons. The Labute approximate surface area is 134 Å². The van der Waals surface area contributed by atoms with Crippen molar-refractivity contribution in [2.45, 2.75) is 6.42 Å². The fraction of sp³-hybridized carbons (Fsp3) is 0.333. The Morgan fingerprint density at radius 2 is 1.91 bits per heavy atom. The summed E-state index contributed by atoms with van der Waals surface area (Å²) in [4.78, 5) is 23.4. The van der Waals surface area contributed by atoms with Crippen molar-refractivity contribution in [1.29, 1.82) is 0 Å². The molecule has 0 saturated carbocycles. The molecule has 1 aliphatic rings. The van der Waals surface area contributed by atoms with E-state index in [2.05, 4.69) is 10.9 Å². The first-order valence-corrected chi connectivity index (χ1v) is 8.84. The van der Waals surface area contributed by atoms with E-state index in [4.69, 9.17) is 4.74 Å². The van der Waals surface area contributed by atoms with Crippen LogP contribution in [0.3, 0.4) is 0 Å². The minimum absolute atomic E-state index is 0.0103. The molecular formula is C15H18N2O5S. The molecular weight excluding hydrogens is 320 g/mol. The van der Waals surface area contributed by atoms with Gasteiger partial charge in [-0.3, -0.25) is 20.4 Å². The van der Waals surface area contributed by atoms with Crippen molar-refractivity contribution >= 4 is 27.7 Å². The van der Waals surface area contributed by atoms with Gasteiger partial charge in [-0.05, 0) is 30.2 Å². The highest BCUT2D eigenvalue weighted by atomic mass is 32.2. The Morgan fingerprint density at radius 1 is 1.22 bits per heavy atom. The number of benzene rings is 1. The lowest BCUT2D eigenvalue weighted by molar-refractivity contribution is -0.129. The highest BCUT2D eigenvalue weighted by molar-refractivity contribution is 7.91. The Morgan fingerprint density at radius 3 is 2.48 bits per heavy atom. The van der Waals surface area contributed by atoms with Crippen LogP contribution in [0.15, 0.2) is 30.3 Å². The molecule has 2 N–H and O–H groups in total. The summed E-state index contributed by atoms with van der Waals surface area (Å²) in [7, 11) is -1.56. The smallest absolute Gasteiger partial charge is 0.262 e. The molecule has 1 heterocycles. The SMILES string of the molecule is COc1ccc(/C=C/C(=O)NNC(=O)[C@H]2CCS(=O)(=O)C2)cc1. The van der Waals surface area contributed by atoms with Crippen LogP contribution in [0.25, 0.3) is 6.08 Å². The summed E-state index contributed by atoms with van der Waals surface area (Å²) < 4.78 is 27.6. The highest BCUT2D eigenvalue weighted by Crippen LogP contribution is 2.18. The average Bonchev–Trinajstić information content (AvgIpc) is 2.91. The molecule has 0 aliphatic carbocycles. The molecule has 1 aromatic rings. The van der Waals surface area contributed by atoms with Gasteiger partial charge in [0.2, 0.25) is 5.91 Å². The maximum absolute atomic E-state index is 11.8. The van der Waals surface area contributed by atoms with Gasteiger partial charge < -0.3 is 4.74 Å². The number of amides is 2. The van der Waals surface area contributed by atoms with E-state index in [1.54, 1.807) is 37.5 Å². The van der Waals surface area contributed by atoms with Crippen LogP contribution in [0.4, 0.5) is 0 Å². The highest BCUT2D eigenvalue weighted by Gasteiger charge is 2.32. The molecule has 0 bridgehead atoms. The van der Waals surface area contributed by atoms with Gasteiger partial charge in [0.05, 0.1) is 24.5 Å². The van der Waals surface area contributed by atoms with Crippen molar-refractivity contribution in [3.8, 4) is 5.75 Å². The normalized spacial score (nSPS) is 19.4. The van der Waals surface area contributed by atoms with Crippen LogP contribution in [0, 0.1) is 5.92 Å². The second-order valence-electron chi connectivity index (χ2n) is 5.18. The van der Waals surface area contributed by atoms with E-state index in [0.717, 1.165) is 5.56 Å². The number of sulfone groups is 1. The topological polar surface area (TPSA) is 102 Å². The fourth-order valence-electron chi connectivity index (χ4n) is 2.16. The number of nitrogens with one attached hydrogen (secondary N) is 2. The lowest BCUT2D eigenvalue weighted by Gasteiger charge is -2.09. The minimum Gasteiger partial charge on any atom is -0.497 e. The van der Waals surface area contributed by atoms with E-state index in [0.29, 0.717) is 5.75 Å². The summed E-state index contributed by atoms with van der Waals surface area (Å²) in [5.41, 5.74) is 5.28. The van der Waals surface area contributed by atoms with Crippen LogP contribution in [0.1, 0.15) is 12.0 Å². The Hall–Kier alpha value is -2.35. The second kappa shape index (κ2) is 7.28. The molecule has 23 heavy (non-hydrogen) atoms. The number of carbonyl (C=O) groups excluding carboxylic acids is 2. The zero-order valence-corrected chi connectivity index (χ0v) is 13.4. The first-order valence-electron chi connectivity index (χ1n) is 7.02. The van der Waals surface area contributed by atoms with Crippen molar-refractivity contribution < 1.29 is 22.7 Å². The van der Waals surface area contributed by atoms with Gasteiger partial charge in [0.1, 0.15) is 5.75 Å². The van der Waals surface area contributed by atoms with E-state index in [-0.39, 0.29) is 17.9 Å². The Balaban J connectivity index is 1.80. The van der Waals surface area contributed by atoms with Gasteiger partial charge in [-0.15, -0.1) is 0 Å². The molecule has 0 radical (unpaired) electrons. The number of methoxy groups -OCH3 is 1. The molecule has 8 heteroatoms. The summed E-state index contributed by atoms with van der Waals surface area (Å²) in [6, 6.07) is 7.09. The lowest BCUT2D eigenvalue weighted by atomic mass is 10.1. The number of hydrogen-bond acceptors (Lipinski definition) is 5. The molecule has 1 atom stereocenters. The number of ether oxygens (including phenoxy) is 1. The predicted octanol–water partition coefficient (Wildman–Crippen LogP) is 0.291. The number of rotatable bonds is 4. The molecule has 1 fully saturated rings. The molecule has 1 aromatic carbocycles. The molecule has 0 unspecified atom stereocenters. The van der Waals surface area contributed by atoms with Gasteiger partial charge in [0.25, 0.3) is 5.91 Å². The standard InChI is InChI=1S/C15H18N2O5S/c1-22-13-5-2-11(3-6-13)4-7-14(18)16-17-15(19)12-8-9-23(20,21)10-12/h2-7,12H,8-10H2,1H3,(H,16,18)(H,17,19)/b7-4+/t12-/m0/s1. The quantitative estimate of drug-likeness (QED) is 0.607. The van der Waals surface area contributed by atoms with E-state index < -0.39 is 27.6 Å². The molecule has 0 aromatic heterocycles. The molecule has 2 amide bonds. The summed E-state index contributed by atoms with van der Waals surface area (Å²) in [6.45, 7) is 0. The monoisotopic (exact) mass is 338 g/mol. The average molecular weight is 338 g/mol. The van der Waals surface area contributed by atoms with Crippen molar-refractivity contribution in [3.05, 3.63) is 35.9 Å². The zero-order chi connectivity index (χ0) is 16.9. The number of carbonyl (C=O) groups is 2. The minimum atomic E-state index is -3.13.